The Labute approximate surface area is 114 Å². The summed E-state index contributed by atoms with van der Waals surface area (Å²) < 4.78 is 0. The maximum atomic E-state index is 12.0. The van der Waals surface area contributed by atoms with E-state index >= 15 is 0 Å². The van der Waals surface area contributed by atoms with E-state index in [0.717, 1.165) is 18.8 Å². The number of H-pyrrole nitrogens is 1. The van der Waals surface area contributed by atoms with Crippen LogP contribution in [-0.4, -0.2) is 15.1 Å². The van der Waals surface area contributed by atoms with Crippen molar-refractivity contribution < 1.29 is 5.11 Å². The molecule has 1 saturated carbocycles. The molecule has 1 aromatic rings. The van der Waals surface area contributed by atoms with E-state index in [-0.39, 0.29) is 17.4 Å². The second kappa shape index (κ2) is 5.76. The molecule has 0 aliphatic heterocycles. The number of aromatic nitrogens is 2. The van der Waals surface area contributed by atoms with Gasteiger partial charge in [0.05, 0.1) is 5.56 Å². The van der Waals surface area contributed by atoms with Crippen molar-refractivity contribution in [3.05, 3.63) is 21.7 Å². The van der Waals surface area contributed by atoms with E-state index in [1.165, 1.54) is 19.3 Å². The second-order valence-electron chi connectivity index (χ2n) is 5.97. The summed E-state index contributed by atoms with van der Waals surface area (Å²) in [7, 11) is 0. The van der Waals surface area contributed by atoms with Crippen LogP contribution in [0, 0.1) is 5.92 Å². The highest BCUT2D eigenvalue weighted by Crippen LogP contribution is 2.36. The highest BCUT2D eigenvalue weighted by molar-refractivity contribution is 5.26. The van der Waals surface area contributed by atoms with Crippen molar-refractivity contribution in [2.24, 2.45) is 5.92 Å². The third-order valence-corrected chi connectivity index (χ3v) is 4.34. The van der Waals surface area contributed by atoms with Crippen LogP contribution in [0.3, 0.4) is 0 Å². The van der Waals surface area contributed by atoms with Crippen LogP contribution in [0.2, 0.25) is 0 Å². The summed E-state index contributed by atoms with van der Waals surface area (Å²) in [6, 6.07) is 0. The number of hydrogen-bond donors (Lipinski definition) is 2. The van der Waals surface area contributed by atoms with Crippen LogP contribution in [0.15, 0.2) is 4.79 Å². The Morgan fingerprint density at radius 3 is 2.42 bits per heavy atom. The molecule has 0 amide bonds. The third-order valence-electron chi connectivity index (χ3n) is 4.34. The minimum atomic E-state index is -0.185. The van der Waals surface area contributed by atoms with E-state index in [9.17, 15) is 9.90 Å². The zero-order valence-corrected chi connectivity index (χ0v) is 12.1. The summed E-state index contributed by atoms with van der Waals surface area (Å²) in [5.74, 6) is 1.67. The predicted molar refractivity (Wildman–Crippen MR) is 75.6 cm³/mol. The molecule has 0 unspecified atom stereocenters. The summed E-state index contributed by atoms with van der Waals surface area (Å²) in [4.78, 5) is 19.1. The number of aromatic hydroxyl groups is 1. The zero-order valence-electron chi connectivity index (χ0n) is 12.1. The zero-order chi connectivity index (χ0) is 14.0. The van der Waals surface area contributed by atoms with Gasteiger partial charge in [-0.15, -0.1) is 0 Å². The molecule has 2 rings (SSSR count). The van der Waals surface area contributed by atoms with Gasteiger partial charge in [-0.2, -0.15) is 4.98 Å². The Morgan fingerprint density at radius 1 is 1.32 bits per heavy atom. The number of nitrogens with one attached hydrogen (secondary N) is 1. The van der Waals surface area contributed by atoms with Gasteiger partial charge in [0.25, 0.3) is 5.56 Å². The highest BCUT2D eigenvalue weighted by Gasteiger charge is 2.24. The minimum absolute atomic E-state index is 0.0128. The number of aromatic amines is 1. The van der Waals surface area contributed by atoms with Crippen molar-refractivity contribution in [3.63, 3.8) is 0 Å². The van der Waals surface area contributed by atoms with Crippen molar-refractivity contribution >= 4 is 0 Å². The van der Waals surface area contributed by atoms with Crippen LogP contribution in [0.1, 0.15) is 76.1 Å². The van der Waals surface area contributed by atoms with E-state index < -0.39 is 0 Å². The van der Waals surface area contributed by atoms with Crippen LogP contribution >= 0.6 is 0 Å². The fourth-order valence-corrected chi connectivity index (χ4v) is 3.05. The first-order chi connectivity index (χ1) is 9.02. The monoisotopic (exact) mass is 264 g/mol. The molecule has 106 valence electrons. The fourth-order valence-electron chi connectivity index (χ4n) is 3.05. The normalized spacial score (nSPS) is 23.8. The average Bonchev–Trinajstić information content (AvgIpc) is 2.37. The molecular weight excluding hydrogens is 240 g/mol. The van der Waals surface area contributed by atoms with E-state index in [1.54, 1.807) is 0 Å². The average molecular weight is 264 g/mol. The lowest BCUT2D eigenvalue weighted by molar-refractivity contribution is 0.309. The van der Waals surface area contributed by atoms with E-state index in [2.05, 4.69) is 16.9 Å². The number of rotatable bonds is 3. The van der Waals surface area contributed by atoms with Gasteiger partial charge in [-0.05, 0) is 37.5 Å². The van der Waals surface area contributed by atoms with Crippen LogP contribution < -0.4 is 5.56 Å². The maximum Gasteiger partial charge on any atom is 0.258 e. The first-order valence-electron chi connectivity index (χ1n) is 7.36. The number of nitrogens with zero attached hydrogens (tertiary/aromatic N) is 1. The molecule has 0 radical (unpaired) electrons. The van der Waals surface area contributed by atoms with Crippen LogP contribution in [0.4, 0.5) is 0 Å². The van der Waals surface area contributed by atoms with Gasteiger partial charge in [0.1, 0.15) is 5.82 Å². The lowest BCUT2D eigenvalue weighted by Crippen LogP contribution is -2.22. The molecule has 1 heterocycles. The second-order valence-corrected chi connectivity index (χ2v) is 5.97. The maximum absolute atomic E-state index is 12.0. The topological polar surface area (TPSA) is 66.0 Å². The Morgan fingerprint density at radius 2 is 1.95 bits per heavy atom. The molecule has 1 aliphatic carbocycles. The fraction of sp³-hybridized carbons (Fsp3) is 0.733. The molecule has 0 atom stereocenters. The predicted octanol–water partition coefficient (Wildman–Crippen LogP) is 3.28. The van der Waals surface area contributed by atoms with E-state index in [0.29, 0.717) is 17.3 Å². The lowest BCUT2D eigenvalue weighted by atomic mass is 9.80. The summed E-state index contributed by atoms with van der Waals surface area (Å²) in [5.41, 5.74) is 0.209. The van der Waals surface area contributed by atoms with Crippen LogP contribution in [0.5, 0.6) is 5.88 Å². The SMILES string of the molecule is CCC1CCC(c2nc(O)c(C(C)C)c(=O)[nH]2)CC1. The first kappa shape index (κ1) is 14.1. The molecule has 1 aromatic heterocycles. The standard InChI is InChI=1S/C15H24N2O2/c1-4-10-5-7-11(8-6-10)13-16-14(18)12(9(2)3)15(19)17-13/h9-11H,4-8H2,1-3H3,(H2,16,17,18,19). The van der Waals surface area contributed by atoms with Gasteiger partial charge in [-0.1, -0.05) is 27.2 Å². The Hall–Kier alpha value is -1.32. The molecular formula is C15H24N2O2. The smallest absolute Gasteiger partial charge is 0.258 e. The van der Waals surface area contributed by atoms with Gasteiger partial charge in [0.15, 0.2) is 0 Å². The van der Waals surface area contributed by atoms with Crippen molar-refractivity contribution in [1.29, 1.82) is 0 Å². The van der Waals surface area contributed by atoms with Crippen LogP contribution in [0.25, 0.3) is 0 Å². The first-order valence-corrected chi connectivity index (χ1v) is 7.36. The largest absolute Gasteiger partial charge is 0.493 e. The molecule has 0 saturated heterocycles. The number of hydrogen-bond acceptors (Lipinski definition) is 3. The molecule has 4 nitrogen and oxygen atoms in total. The molecule has 1 aliphatic rings. The van der Waals surface area contributed by atoms with Crippen molar-refractivity contribution in [1.82, 2.24) is 9.97 Å². The molecule has 1 fully saturated rings. The quantitative estimate of drug-likeness (QED) is 0.880. The Balaban J connectivity index is 2.21. The summed E-state index contributed by atoms with van der Waals surface area (Å²) >= 11 is 0. The van der Waals surface area contributed by atoms with Gasteiger partial charge in [0.2, 0.25) is 5.88 Å². The van der Waals surface area contributed by atoms with Gasteiger partial charge < -0.3 is 10.1 Å². The molecule has 2 N–H and O–H groups in total. The van der Waals surface area contributed by atoms with Gasteiger partial charge >= 0.3 is 0 Å². The van der Waals surface area contributed by atoms with E-state index in [1.807, 2.05) is 13.8 Å². The van der Waals surface area contributed by atoms with Gasteiger partial charge in [-0.3, -0.25) is 4.79 Å². The molecule has 4 heteroatoms. The van der Waals surface area contributed by atoms with Crippen molar-refractivity contribution in [2.45, 2.75) is 64.7 Å². The lowest BCUT2D eigenvalue weighted by Gasteiger charge is -2.27. The summed E-state index contributed by atoms with van der Waals surface area (Å²) in [5, 5.41) is 9.94. The van der Waals surface area contributed by atoms with Crippen molar-refractivity contribution in [3.8, 4) is 5.88 Å². The Kier molecular flexibility index (Phi) is 4.27. The molecule has 0 spiro atoms. The highest BCUT2D eigenvalue weighted by atomic mass is 16.3. The Bertz CT molecular complexity index is 485. The molecule has 19 heavy (non-hydrogen) atoms. The van der Waals surface area contributed by atoms with Crippen molar-refractivity contribution in [2.75, 3.05) is 0 Å². The minimum Gasteiger partial charge on any atom is -0.493 e. The molecule has 0 bridgehead atoms. The molecule has 0 aromatic carbocycles. The summed E-state index contributed by atoms with van der Waals surface area (Å²) in [6.07, 6.45) is 5.73. The van der Waals surface area contributed by atoms with Gasteiger partial charge in [0, 0.05) is 5.92 Å². The summed E-state index contributed by atoms with van der Waals surface area (Å²) in [6.45, 7) is 6.00. The van der Waals surface area contributed by atoms with Gasteiger partial charge in [-0.25, -0.2) is 0 Å². The van der Waals surface area contributed by atoms with E-state index in [4.69, 9.17) is 0 Å². The van der Waals surface area contributed by atoms with Crippen LogP contribution in [-0.2, 0) is 0 Å². The third kappa shape index (κ3) is 2.99.